The third-order valence-electron chi connectivity index (χ3n) is 5.41. The van der Waals surface area contributed by atoms with Crippen LogP contribution >= 0.6 is 0 Å². The van der Waals surface area contributed by atoms with E-state index in [1.165, 1.54) is 4.90 Å². The number of amides is 1. The number of benzene rings is 2. The molecule has 7 nitrogen and oxygen atoms in total. The van der Waals surface area contributed by atoms with Crippen LogP contribution in [-0.2, 0) is 16.1 Å². The maximum Gasteiger partial charge on any atom is 0.295 e. The van der Waals surface area contributed by atoms with Gasteiger partial charge in [-0.2, -0.15) is 0 Å². The molecule has 1 fully saturated rings. The highest BCUT2D eigenvalue weighted by molar-refractivity contribution is 6.46. The van der Waals surface area contributed by atoms with E-state index in [1.807, 2.05) is 6.07 Å². The van der Waals surface area contributed by atoms with Crippen LogP contribution in [0, 0.1) is 0 Å². The zero-order valence-electron chi connectivity index (χ0n) is 17.7. The molecule has 0 bridgehead atoms. The fourth-order valence-electron chi connectivity index (χ4n) is 3.77. The van der Waals surface area contributed by atoms with Gasteiger partial charge in [0.15, 0.2) is 0 Å². The van der Waals surface area contributed by atoms with Crippen molar-refractivity contribution in [3.05, 3.63) is 95.3 Å². The first-order chi connectivity index (χ1) is 15.5. The molecule has 1 atom stereocenters. The van der Waals surface area contributed by atoms with Gasteiger partial charge in [-0.15, -0.1) is 0 Å². The number of Topliss-reactive ketones (excluding diaryl/α,β-unsaturated/α-hetero) is 1. The summed E-state index contributed by atoms with van der Waals surface area (Å²) in [6, 6.07) is 16.6. The lowest BCUT2D eigenvalue weighted by Gasteiger charge is -2.25. The monoisotopic (exact) mass is 430 g/mol. The molecular weight excluding hydrogens is 408 g/mol. The largest absolute Gasteiger partial charge is 0.507 e. The number of hydrogen-bond donors (Lipinski definition) is 1. The second-order valence-electron chi connectivity index (χ2n) is 7.29. The van der Waals surface area contributed by atoms with E-state index in [1.54, 1.807) is 81.2 Å². The van der Waals surface area contributed by atoms with Gasteiger partial charge in [-0.25, -0.2) is 0 Å². The second kappa shape index (κ2) is 8.93. The molecule has 7 heteroatoms. The van der Waals surface area contributed by atoms with Crippen molar-refractivity contribution < 1.29 is 24.2 Å². The van der Waals surface area contributed by atoms with Crippen molar-refractivity contribution in [2.75, 3.05) is 14.2 Å². The molecule has 162 valence electrons. The van der Waals surface area contributed by atoms with Crippen molar-refractivity contribution in [2.24, 2.45) is 0 Å². The molecular formula is C25H22N2O5. The molecule has 1 amide bonds. The Balaban J connectivity index is 1.83. The highest BCUT2D eigenvalue weighted by Gasteiger charge is 2.46. The molecule has 0 spiro atoms. The lowest BCUT2D eigenvalue weighted by atomic mass is 9.95. The van der Waals surface area contributed by atoms with Crippen LogP contribution in [0.2, 0.25) is 0 Å². The van der Waals surface area contributed by atoms with Crippen LogP contribution in [0.1, 0.15) is 22.7 Å². The number of ether oxygens (including phenoxy) is 2. The summed E-state index contributed by atoms with van der Waals surface area (Å²) in [5.41, 5.74) is 1.92. The summed E-state index contributed by atoms with van der Waals surface area (Å²) in [7, 11) is 3.11. The number of nitrogens with zero attached hydrogens (tertiary/aromatic N) is 2. The van der Waals surface area contributed by atoms with E-state index in [9.17, 15) is 14.7 Å². The molecule has 1 aliphatic heterocycles. The maximum atomic E-state index is 13.1. The van der Waals surface area contributed by atoms with Gasteiger partial charge in [-0.1, -0.05) is 18.2 Å². The Morgan fingerprint density at radius 3 is 2.16 bits per heavy atom. The predicted molar refractivity (Wildman–Crippen MR) is 118 cm³/mol. The van der Waals surface area contributed by atoms with E-state index in [0.29, 0.717) is 22.6 Å². The summed E-state index contributed by atoms with van der Waals surface area (Å²) in [5.74, 6) is -0.383. The Labute approximate surface area is 185 Å². The molecule has 1 saturated heterocycles. The number of likely N-dealkylation sites (tertiary alicyclic amines) is 1. The Morgan fingerprint density at radius 1 is 0.969 bits per heavy atom. The third kappa shape index (κ3) is 3.92. The number of methoxy groups -OCH3 is 2. The second-order valence-corrected chi connectivity index (χ2v) is 7.29. The fraction of sp³-hybridized carbons (Fsp3) is 0.160. The van der Waals surface area contributed by atoms with Crippen molar-refractivity contribution in [1.29, 1.82) is 0 Å². The quantitative estimate of drug-likeness (QED) is 0.364. The topological polar surface area (TPSA) is 89.0 Å². The molecule has 2 aromatic carbocycles. The van der Waals surface area contributed by atoms with Crippen molar-refractivity contribution >= 4 is 17.4 Å². The number of rotatable bonds is 6. The number of carbonyl (C=O) groups excluding carboxylic acids is 2. The Hall–Kier alpha value is -4.13. The number of aliphatic hydroxyl groups is 1. The molecule has 0 saturated carbocycles. The van der Waals surface area contributed by atoms with E-state index in [2.05, 4.69) is 4.98 Å². The molecule has 0 unspecified atom stereocenters. The summed E-state index contributed by atoms with van der Waals surface area (Å²) < 4.78 is 10.4. The van der Waals surface area contributed by atoms with E-state index < -0.39 is 17.7 Å². The van der Waals surface area contributed by atoms with Crippen molar-refractivity contribution in [3.8, 4) is 11.5 Å². The first-order valence-corrected chi connectivity index (χ1v) is 9.99. The number of aliphatic hydroxyl groups excluding tert-OH is 1. The average molecular weight is 430 g/mol. The SMILES string of the molecule is COc1ccc(/C(O)=C2\C(=O)C(=O)N(Cc3cccnc3)[C@@H]2c2ccc(OC)cc2)cc1. The van der Waals surface area contributed by atoms with Crippen LogP contribution in [0.15, 0.2) is 78.6 Å². The Morgan fingerprint density at radius 2 is 1.59 bits per heavy atom. The molecule has 1 N–H and O–H groups in total. The smallest absolute Gasteiger partial charge is 0.295 e. The van der Waals surface area contributed by atoms with Crippen molar-refractivity contribution in [3.63, 3.8) is 0 Å². The Bertz CT molecular complexity index is 1160. The summed E-state index contributed by atoms with van der Waals surface area (Å²) in [6.07, 6.45) is 3.29. The number of carbonyl (C=O) groups is 2. The highest BCUT2D eigenvalue weighted by atomic mass is 16.5. The zero-order chi connectivity index (χ0) is 22.7. The van der Waals surface area contributed by atoms with Gasteiger partial charge in [-0.3, -0.25) is 14.6 Å². The molecule has 1 aromatic heterocycles. The number of ketones is 1. The van der Waals surface area contributed by atoms with Gasteiger partial charge < -0.3 is 19.5 Å². The van der Waals surface area contributed by atoms with Crippen LogP contribution in [0.5, 0.6) is 11.5 Å². The van der Waals surface area contributed by atoms with E-state index >= 15 is 0 Å². The summed E-state index contributed by atoms with van der Waals surface area (Å²) in [6.45, 7) is 0.175. The van der Waals surface area contributed by atoms with Crippen molar-refractivity contribution in [2.45, 2.75) is 12.6 Å². The van der Waals surface area contributed by atoms with Gasteiger partial charge in [0.05, 0.1) is 25.8 Å². The van der Waals surface area contributed by atoms with Crippen LogP contribution in [0.3, 0.4) is 0 Å². The number of aromatic nitrogens is 1. The van der Waals surface area contributed by atoms with Crippen molar-refractivity contribution in [1.82, 2.24) is 9.88 Å². The number of hydrogen-bond acceptors (Lipinski definition) is 6. The van der Waals surface area contributed by atoms with Gasteiger partial charge in [0.25, 0.3) is 11.7 Å². The molecule has 4 rings (SSSR count). The third-order valence-corrected chi connectivity index (χ3v) is 5.41. The fourth-order valence-corrected chi connectivity index (χ4v) is 3.77. The van der Waals surface area contributed by atoms with Gasteiger partial charge in [0, 0.05) is 24.5 Å². The van der Waals surface area contributed by atoms with Gasteiger partial charge >= 0.3 is 0 Å². The van der Waals surface area contributed by atoms with Gasteiger partial charge in [-0.05, 0) is 53.6 Å². The van der Waals surface area contributed by atoms with E-state index in [-0.39, 0.29) is 17.9 Å². The van der Waals surface area contributed by atoms with Crippen LogP contribution < -0.4 is 9.47 Å². The molecule has 2 heterocycles. The molecule has 32 heavy (non-hydrogen) atoms. The summed E-state index contributed by atoms with van der Waals surface area (Å²) in [4.78, 5) is 31.7. The zero-order valence-corrected chi connectivity index (χ0v) is 17.7. The Kier molecular flexibility index (Phi) is 5.89. The minimum Gasteiger partial charge on any atom is -0.507 e. The van der Waals surface area contributed by atoms with Crippen LogP contribution in [0.25, 0.3) is 5.76 Å². The van der Waals surface area contributed by atoms with Gasteiger partial charge in [0.2, 0.25) is 0 Å². The normalized spacial score (nSPS) is 17.4. The van der Waals surface area contributed by atoms with Gasteiger partial charge in [0.1, 0.15) is 17.3 Å². The standard InChI is InChI=1S/C25H22N2O5/c1-31-19-9-5-17(6-10-19)22-21(23(28)18-7-11-20(32-2)12-8-18)24(29)25(30)27(22)15-16-4-3-13-26-14-16/h3-14,22,28H,15H2,1-2H3/b23-21+/t22-/m1/s1. The number of pyridine rings is 1. The minimum atomic E-state index is -0.761. The van der Waals surface area contributed by atoms with E-state index in [0.717, 1.165) is 5.56 Å². The maximum absolute atomic E-state index is 13.1. The summed E-state index contributed by atoms with van der Waals surface area (Å²) >= 11 is 0. The highest BCUT2D eigenvalue weighted by Crippen LogP contribution is 2.40. The molecule has 0 radical (unpaired) electrons. The predicted octanol–water partition coefficient (Wildman–Crippen LogP) is 3.72. The first-order valence-electron chi connectivity index (χ1n) is 9.99. The minimum absolute atomic E-state index is 0.0363. The molecule has 3 aromatic rings. The average Bonchev–Trinajstić information content (AvgIpc) is 3.09. The molecule has 1 aliphatic rings. The van der Waals surface area contributed by atoms with Crippen LogP contribution in [0.4, 0.5) is 0 Å². The lowest BCUT2D eigenvalue weighted by Crippen LogP contribution is -2.29. The lowest BCUT2D eigenvalue weighted by molar-refractivity contribution is -0.140. The molecule has 0 aliphatic carbocycles. The van der Waals surface area contributed by atoms with Crippen LogP contribution in [-0.4, -0.2) is 40.9 Å². The van der Waals surface area contributed by atoms with E-state index in [4.69, 9.17) is 9.47 Å². The first kappa shape index (κ1) is 21.1. The summed E-state index contributed by atoms with van der Waals surface area (Å²) in [5, 5.41) is 11.1.